The first-order valence-corrected chi connectivity index (χ1v) is 9.41. The van der Waals surface area contributed by atoms with E-state index < -0.39 is 6.61 Å². The summed E-state index contributed by atoms with van der Waals surface area (Å²) in [5, 5.41) is 0. The predicted octanol–water partition coefficient (Wildman–Crippen LogP) is 7.35. The van der Waals surface area contributed by atoms with Crippen molar-refractivity contribution in [2.24, 2.45) is 0 Å². The molecule has 0 aliphatic rings. The van der Waals surface area contributed by atoms with Gasteiger partial charge in [0, 0.05) is 0 Å². The number of aryl methyl sites for hydroxylation is 1. The number of halogens is 2. The van der Waals surface area contributed by atoms with E-state index in [4.69, 9.17) is 0 Å². The fourth-order valence-electron chi connectivity index (χ4n) is 3.25. The monoisotopic (exact) mass is 366 g/mol. The lowest BCUT2D eigenvalue weighted by Gasteiger charge is -2.14. The van der Waals surface area contributed by atoms with Crippen LogP contribution in [-0.2, 0) is 6.42 Å². The molecule has 27 heavy (non-hydrogen) atoms. The van der Waals surface area contributed by atoms with Gasteiger partial charge in [-0.15, -0.1) is 0 Å². The number of ether oxygens (including phenoxy) is 1. The average molecular weight is 366 g/mol. The Morgan fingerprint density at radius 1 is 0.778 bits per heavy atom. The summed E-state index contributed by atoms with van der Waals surface area (Å²) in [4.78, 5) is 0. The third kappa shape index (κ3) is 5.16. The summed E-state index contributed by atoms with van der Waals surface area (Å²) in [5.41, 5.74) is 5.68. The van der Waals surface area contributed by atoms with E-state index in [1.807, 2.05) is 30.3 Å². The highest BCUT2D eigenvalue weighted by molar-refractivity contribution is 5.84. The maximum atomic E-state index is 12.4. The van der Waals surface area contributed by atoms with Crippen LogP contribution < -0.4 is 4.74 Å². The number of unbranched alkanes of at least 4 members (excludes halogenated alkanes) is 2. The molecule has 1 nitrogen and oxygen atoms in total. The van der Waals surface area contributed by atoms with E-state index >= 15 is 0 Å². The van der Waals surface area contributed by atoms with Gasteiger partial charge in [-0.2, -0.15) is 8.78 Å². The summed E-state index contributed by atoms with van der Waals surface area (Å²) in [5.74, 6) is 0.175. The summed E-state index contributed by atoms with van der Waals surface area (Å²) in [6.07, 6.45) is 4.63. The molecule has 3 heteroatoms. The molecule has 140 valence electrons. The Hall–Kier alpha value is -2.68. The SMILES string of the molecule is CCCCCc1ccc(-c2ccccc2)c(-c2ccc(OC(F)F)cc2)c1. The molecular weight excluding hydrogens is 342 g/mol. The Labute approximate surface area is 159 Å². The standard InChI is InChI=1S/C24H24F2O/c1-2-3-5-8-18-11-16-22(19-9-6-4-7-10-19)23(17-18)20-12-14-21(15-13-20)27-24(25)26/h4,6-7,9-17,24H,2-3,5,8H2,1H3. The third-order valence-electron chi connectivity index (χ3n) is 4.63. The zero-order valence-corrected chi connectivity index (χ0v) is 15.5. The summed E-state index contributed by atoms with van der Waals surface area (Å²) >= 11 is 0. The first kappa shape index (κ1) is 19.1. The molecule has 0 fully saturated rings. The van der Waals surface area contributed by atoms with Crippen LogP contribution in [0.25, 0.3) is 22.3 Å². The van der Waals surface area contributed by atoms with Gasteiger partial charge >= 0.3 is 6.61 Å². The molecule has 0 atom stereocenters. The van der Waals surface area contributed by atoms with Crippen LogP contribution in [0.3, 0.4) is 0 Å². The number of hydrogen-bond acceptors (Lipinski definition) is 1. The number of benzene rings is 3. The molecule has 3 rings (SSSR count). The predicted molar refractivity (Wildman–Crippen MR) is 107 cm³/mol. The molecule has 0 saturated carbocycles. The van der Waals surface area contributed by atoms with Crippen molar-refractivity contribution < 1.29 is 13.5 Å². The van der Waals surface area contributed by atoms with Crippen LogP contribution in [0.1, 0.15) is 31.7 Å². The number of rotatable bonds is 8. The Bertz CT molecular complexity index is 842. The van der Waals surface area contributed by atoms with Gasteiger partial charge < -0.3 is 4.74 Å². The maximum Gasteiger partial charge on any atom is 0.387 e. The molecule has 0 heterocycles. The quantitative estimate of drug-likeness (QED) is 0.379. The molecule has 0 aliphatic heterocycles. The molecule has 3 aromatic carbocycles. The fourth-order valence-corrected chi connectivity index (χ4v) is 3.25. The highest BCUT2D eigenvalue weighted by Gasteiger charge is 2.10. The Morgan fingerprint density at radius 3 is 2.15 bits per heavy atom. The molecule has 0 bridgehead atoms. The van der Waals surface area contributed by atoms with Gasteiger partial charge in [0.2, 0.25) is 0 Å². The Balaban J connectivity index is 1.97. The summed E-state index contributed by atoms with van der Waals surface area (Å²) in [6.45, 7) is -0.606. The lowest BCUT2D eigenvalue weighted by Crippen LogP contribution is -2.01. The van der Waals surface area contributed by atoms with E-state index in [1.54, 1.807) is 12.1 Å². The fraction of sp³-hybridized carbons (Fsp3) is 0.250. The summed E-state index contributed by atoms with van der Waals surface area (Å²) in [7, 11) is 0. The van der Waals surface area contributed by atoms with Gasteiger partial charge in [0.25, 0.3) is 0 Å². The van der Waals surface area contributed by atoms with Gasteiger partial charge in [-0.1, -0.05) is 80.4 Å². The highest BCUT2D eigenvalue weighted by Crippen LogP contribution is 2.34. The smallest absolute Gasteiger partial charge is 0.387 e. The van der Waals surface area contributed by atoms with Crippen molar-refractivity contribution in [3.8, 4) is 28.0 Å². The summed E-state index contributed by atoms with van der Waals surface area (Å²) in [6, 6.07) is 23.7. The van der Waals surface area contributed by atoms with Crippen molar-refractivity contribution in [1.82, 2.24) is 0 Å². The number of alkyl halides is 2. The molecule has 0 spiro atoms. The second-order valence-electron chi connectivity index (χ2n) is 6.61. The second kappa shape index (κ2) is 9.31. The van der Waals surface area contributed by atoms with E-state index in [9.17, 15) is 8.78 Å². The molecule has 0 unspecified atom stereocenters. The molecule has 3 aromatic rings. The van der Waals surface area contributed by atoms with Crippen LogP contribution >= 0.6 is 0 Å². The van der Waals surface area contributed by atoms with Gasteiger partial charge in [0.15, 0.2) is 0 Å². The average Bonchev–Trinajstić information content (AvgIpc) is 2.69. The van der Waals surface area contributed by atoms with Crippen molar-refractivity contribution in [3.63, 3.8) is 0 Å². The third-order valence-corrected chi connectivity index (χ3v) is 4.63. The van der Waals surface area contributed by atoms with Crippen LogP contribution in [0.4, 0.5) is 8.78 Å². The summed E-state index contributed by atoms with van der Waals surface area (Å²) < 4.78 is 29.3. The van der Waals surface area contributed by atoms with E-state index in [2.05, 4.69) is 42.0 Å². The van der Waals surface area contributed by atoms with Crippen molar-refractivity contribution in [3.05, 3.63) is 78.4 Å². The molecule has 0 radical (unpaired) electrons. The zero-order chi connectivity index (χ0) is 19.1. The van der Waals surface area contributed by atoms with Crippen molar-refractivity contribution in [1.29, 1.82) is 0 Å². The van der Waals surface area contributed by atoms with Crippen molar-refractivity contribution >= 4 is 0 Å². The molecule has 0 aromatic heterocycles. The molecule has 0 N–H and O–H groups in total. The largest absolute Gasteiger partial charge is 0.435 e. The minimum Gasteiger partial charge on any atom is -0.435 e. The molecule has 0 aliphatic carbocycles. The van der Waals surface area contributed by atoms with Gasteiger partial charge in [0.05, 0.1) is 0 Å². The lowest BCUT2D eigenvalue weighted by molar-refractivity contribution is -0.0498. The van der Waals surface area contributed by atoms with Crippen LogP contribution in [0, 0.1) is 0 Å². The lowest BCUT2D eigenvalue weighted by atomic mass is 9.91. The van der Waals surface area contributed by atoms with Gasteiger partial charge in [-0.3, -0.25) is 0 Å². The van der Waals surface area contributed by atoms with Crippen LogP contribution in [0.2, 0.25) is 0 Å². The normalized spacial score (nSPS) is 11.0. The first-order chi connectivity index (χ1) is 13.2. The van der Waals surface area contributed by atoms with E-state index in [0.717, 1.165) is 28.7 Å². The highest BCUT2D eigenvalue weighted by atomic mass is 19.3. The van der Waals surface area contributed by atoms with Crippen LogP contribution in [0.5, 0.6) is 5.75 Å². The van der Waals surface area contributed by atoms with Gasteiger partial charge in [-0.25, -0.2) is 0 Å². The maximum absolute atomic E-state index is 12.4. The zero-order valence-electron chi connectivity index (χ0n) is 15.5. The van der Waals surface area contributed by atoms with Crippen LogP contribution in [0.15, 0.2) is 72.8 Å². The number of hydrogen-bond donors (Lipinski definition) is 0. The first-order valence-electron chi connectivity index (χ1n) is 9.41. The molecule has 0 amide bonds. The minimum atomic E-state index is -2.81. The minimum absolute atomic E-state index is 0.175. The van der Waals surface area contributed by atoms with Crippen molar-refractivity contribution in [2.75, 3.05) is 0 Å². The second-order valence-corrected chi connectivity index (χ2v) is 6.61. The van der Waals surface area contributed by atoms with Crippen molar-refractivity contribution in [2.45, 2.75) is 39.2 Å². The van der Waals surface area contributed by atoms with Gasteiger partial charge in [-0.05, 0) is 52.8 Å². The molecular formula is C24H24F2O. The topological polar surface area (TPSA) is 9.23 Å². The van der Waals surface area contributed by atoms with E-state index in [-0.39, 0.29) is 5.75 Å². The molecule has 0 saturated heterocycles. The van der Waals surface area contributed by atoms with Gasteiger partial charge in [0.1, 0.15) is 5.75 Å². The van der Waals surface area contributed by atoms with E-state index in [0.29, 0.717) is 0 Å². The Morgan fingerprint density at radius 2 is 1.48 bits per heavy atom. The Kier molecular flexibility index (Phi) is 6.59. The van der Waals surface area contributed by atoms with E-state index in [1.165, 1.54) is 24.8 Å². The van der Waals surface area contributed by atoms with Crippen LogP contribution in [-0.4, -0.2) is 6.61 Å².